The van der Waals surface area contributed by atoms with Gasteiger partial charge in [0.1, 0.15) is 9.21 Å². The number of aromatic nitrogens is 2. The lowest BCUT2D eigenvalue weighted by Gasteiger charge is -2.21. The van der Waals surface area contributed by atoms with Crippen molar-refractivity contribution in [3.63, 3.8) is 0 Å². The van der Waals surface area contributed by atoms with Gasteiger partial charge in [0.05, 0.1) is 12.1 Å². The lowest BCUT2D eigenvalue weighted by molar-refractivity contribution is -0.120. The first-order valence-electron chi connectivity index (χ1n) is 5.36. The van der Waals surface area contributed by atoms with Crippen molar-refractivity contribution in [3.05, 3.63) is 15.4 Å². The van der Waals surface area contributed by atoms with E-state index in [9.17, 15) is 4.79 Å². The van der Waals surface area contributed by atoms with Gasteiger partial charge in [-0.3, -0.25) is 4.79 Å². The molecule has 0 saturated carbocycles. The Morgan fingerprint density at radius 2 is 2.35 bits per heavy atom. The van der Waals surface area contributed by atoms with Gasteiger partial charge in [-0.25, -0.2) is 9.97 Å². The number of carbonyl (C=O) groups excluding carboxylic acids is 1. The monoisotopic (exact) mass is 362 g/mol. The summed E-state index contributed by atoms with van der Waals surface area (Å²) in [6, 6.07) is 0. The molecule has 17 heavy (non-hydrogen) atoms. The predicted molar refractivity (Wildman–Crippen MR) is 71.7 cm³/mol. The number of piperidine rings is 1. The van der Waals surface area contributed by atoms with Crippen LogP contribution in [-0.2, 0) is 4.79 Å². The molecule has 1 amide bonds. The smallest absolute Gasteiger partial charge is 0.229 e. The fourth-order valence-corrected chi connectivity index (χ4v) is 2.64. The second-order valence-corrected chi connectivity index (χ2v) is 5.43. The van der Waals surface area contributed by atoms with Crippen LogP contribution in [0.25, 0.3) is 0 Å². The van der Waals surface area contributed by atoms with Gasteiger partial charge < -0.3 is 10.6 Å². The Labute approximate surface area is 116 Å². The third-order valence-corrected chi connectivity index (χ3v) is 3.54. The molecule has 1 saturated heterocycles. The molecule has 1 unspecified atom stereocenters. The number of anilines is 1. The highest BCUT2D eigenvalue weighted by Gasteiger charge is 2.21. The first kappa shape index (κ1) is 12.9. The molecule has 1 atom stereocenters. The molecule has 0 aromatic carbocycles. The predicted octanol–water partition coefficient (Wildman–Crippen LogP) is 1.94. The zero-order valence-corrected chi connectivity index (χ0v) is 12.2. The Hall–Kier alpha value is -0.530. The van der Waals surface area contributed by atoms with Gasteiger partial charge in [0.25, 0.3) is 0 Å². The molecular formula is C10H12Br2N4O. The van der Waals surface area contributed by atoms with E-state index in [1.54, 1.807) is 6.20 Å². The van der Waals surface area contributed by atoms with E-state index in [1.807, 2.05) is 0 Å². The standard InChI is InChI=1S/C10H12Br2N4O/c11-7-5-14-9(8(12)15-7)16-10(17)6-2-1-3-13-4-6/h5-6,13H,1-4H2,(H,14,16,17). The number of hydrogen-bond donors (Lipinski definition) is 2. The van der Waals surface area contributed by atoms with Crippen molar-refractivity contribution in [2.75, 3.05) is 18.4 Å². The van der Waals surface area contributed by atoms with Crippen molar-refractivity contribution in [1.82, 2.24) is 15.3 Å². The van der Waals surface area contributed by atoms with Gasteiger partial charge in [-0.2, -0.15) is 0 Å². The van der Waals surface area contributed by atoms with Crippen molar-refractivity contribution >= 4 is 43.6 Å². The summed E-state index contributed by atoms with van der Waals surface area (Å²) in [4.78, 5) is 20.2. The third kappa shape index (κ3) is 3.46. The van der Waals surface area contributed by atoms with Crippen molar-refractivity contribution in [3.8, 4) is 0 Å². The van der Waals surface area contributed by atoms with Crippen LogP contribution in [-0.4, -0.2) is 29.0 Å². The van der Waals surface area contributed by atoms with Crippen LogP contribution >= 0.6 is 31.9 Å². The lowest BCUT2D eigenvalue weighted by Crippen LogP contribution is -2.37. The molecular weight excluding hydrogens is 352 g/mol. The topological polar surface area (TPSA) is 66.9 Å². The number of halogens is 2. The summed E-state index contributed by atoms with van der Waals surface area (Å²) in [5, 5.41) is 6.00. The minimum Gasteiger partial charge on any atom is -0.316 e. The van der Waals surface area contributed by atoms with Crippen LogP contribution in [0.15, 0.2) is 15.4 Å². The molecule has 1 aliphatic heterocycles. The van der Waals surface area contributed by atoms with Crippen LogP contribution in [0.1, 0.15) is 12.8 Å². The maximum atomic E-state index is 12.0. The quantitative estimate of drug-likeness (QED) is 0.842. The van der Waals surface area contributed by atoms with Crippen molar-refractivity contribution < 1.29 is 4.79 Å². The van der Waals surface area contributed by atoms with Crippen LogP contribution in [0.2, 0.25) is 0 Å². The highest BCUT2D eigenvalue weighted by Crippen LogP contribution is 2.21. The van der Waals surface area contributed by atoms with Gasteiger partial charge in [0.2, 0.25) is 5.91 Å². The van der Waals surface area contributed by atoms with E-state index in [2.05, 4.69) is 52.5 Å². The summed E-state index contributed by atoms with van der Waals surface area (Å²) in [6.45, 7) is 1.72. The summed E-state index contributed by atoms with van der Waals surface area (Å²) >= 11 is 6.48. The summed E-state index contributed by atoms with van der Waals surface area (Å²) < 4.78 is 1.16. The van der Waals surface area contributed by atoms with Crippen LogP contribution in [0.3, 0.4) is 0 Å². The van der Waals surface area contributed by atoms with E-state index >= 15 is 0 Å². The second kappa shape index (κ2) is 5.88. The molecule has 0 bridgehead atoms. The Kier molecular flexibility index (Phi) is 4.47. The van der Waals surface area contributed by atoms with Crippen LogP contribution in [0, 0.1) is 5.92 Å². The number of hydrogen-bond acceptors (Lipinski definition) is 4. The molecule has 2 rings (SSSR count). The summed E-state index contributed by atoms with van der Waals surface area (Å²) in [5.41, 5.74) is 0. The van der Waals surface area contributed by atoms with Gasteiger partial charge in [-0.1, -0.05) is 0 Å². The third-order valence-electron chi connectivity index (χ3n) is 2.61. The summed E-state index contributed by atoms with van der Waals surface area (Å²) in [7, 11) is 0. The number of carbonyl (C=O) groups is 1. The number of rotatable bonds is 2. The first-order valence-corrected chi connectivity index (χ1v) is 6.95. The van der Waals surface area contributed by atoms with E-state index in [4.69, 9.17) is 0 Å². The molecule has 1 aromatic heterocycles. The Morgan fingerprint density at radius 1 is 1.53 bits per heavy atom. The fourth-order valence-electron chi connectivity index (χ4n) is 1.72. The molecule has 2 heterocycles. The van der Waals surface area contributed by atoms with Crippen LogP contribution in [0.5, 0.6) is 0 Å². The Bertz CT molecular complexity index is 421. The number of nitrogens with one attached hydrogen (secondary N) is 2. The van der Waals surface area contributed by atoms with Crippen molar-refractivity contribution in [2.24, 2.45) is 5.92 Å². The molecule has 5 nitrogen and oxygen atoms in total. The first-order chi connectivity index (χ1) is 8.16. The Balaban J connectivity index is 2.02. The Morgan fingerprint density at radius 3 is 3.00 bits per heavy atom. The van der Waals surface area contributed by atoms with Gasteiger partial charge in [0.15, 0.2) is 5.82 Å². The molecule has 0 spiro atoms. The molecule has 1 aliphatic rings. The lowest BCUT2D eigenvalue weighted by atomic mass is 9.99. The molecule has 0 radical (unpaired) electrons. The largest absolute Gasteiger partial charge is 0.316 e. The average Bonchev–Trinajstić information content (AvgIpc) is 2.34. The molecule has 1 aromatic rings. The van der Waals surface area contributed by atoms with E-state index in [-0.39, 0.29) is 11.8 Å². The van der Waals surface area contributed by atoms with Gasteiger partial charge >= 0.3 is 0 Å². The molecule has 1 fully saturated rings. The SMILES string of the molecule is O=C(Nc1ncc(Br)nc1Br)C1CCCNC1. The number of nitrogens with zero attached hydrogens (tertiary/aromatic N) is 2. The van der Waals surface area contributed by atoms with Gasteiger partial charge in [0, 0.05) is 6.54 Å². The van der Waals surface area contributed by atoms with Crippen molar-refractivity contribution in [1.29, 1.82) is 0 Å². The van der Waals surface area contributed by atoms with Gasteiger partial charge in [-0.15, -0.1) is 0 Å². The van der Waals surface area contributed by atoms with Crippen molar-refractivity contribution in [2.45, 2.75) is 12.8 Å². The summed E-state index contributed by atoms with van der Waals surface area (Å²) in [6.07, 6.45) is 3.51. The van der Waals surface area contributed by atoms with E-state index < -0.39 is 0 Å². The molecule has 7 heteroatoms. The normalized spacial score (nSPS) is 20.0. The maximum absolute atomic E-state index is 12.0. The van der Waals surface area contributed by atoms with Gasteiger partial charge in [-0.05, 0) is 51.2 Å². The average molecular weight is 364 g/mol. The van der Waals surface area contributed by atoms with Crippen LogP contribution in [0.4, 0.5) is 5.82 Å². The summed E-state index contributed by atoms with van der Waals surface area (Å²) in [5.74, 6) is 0.472. The zero-order chi connectivity index (χ0) is 12.3. The maximum Gasteiger partial charge on any atom is 0.229 e. The van der Waals surface area contributed by atoms with E-state index in [1.165, 1.54) is 0 Å². The molecule has 2 N–H and O–H groups in total. The van der Waals surface area contributed by atoms with Crippen LogP contribution < -0.4 is 10.6 Å². The highest BCUT2D eigenvalue weighted by atomic mass is 79.9. The minimum absolute atomic E-state index is 0.00507. The van der Waals surface area contributed by atoms with E-state index in [0.29, 0.717) is 15.0 Å². The van der Waals surface area contributed by atoms with E-state index in [0.717, 1.165) is 25.9 Å². The molecule has 92 valence electrons. The number of amides is 1. The zero-order valence-electron chi connectivity index (χ0n) is 9.04. The molecule has 0 aliphatic carbocycles. The second-order valence-electron chi connectivity index (χ2n) is 3.86. The minimum atomic E-state index is -0.00507. The fraction of sp³-hybridized carbons (Fsp3) is 0.500. The highest BCUT2D eigenvalue weighted by molar-refractivity contribution is 9.11.